The Labute approximate surface area is 101 Å². The Morgan fingerprint density at radius 3 is 2.94 bits per heavy atom. The standard InChI is InChI=1S/C12H17N3O2/c13-5-6-15-8-11(16)9-17-12-4-2-1-3-10(12)7-14/h1-4,11,15-16H,5-6,8-9,13H2. The van der Waals surface area contributed by atoms with Gasteiger partial charge in [-0.15, -0.1) is 0 Å². The Morgan fingerprint density at radius 1 is 1.47 bits per heavy atom. The summed E-state index contributed by atoms with van der Waals surface area (Å²) in [6.45, 7) is 1.76. The fraction of sp³-hybridized carbons (Fsp3) is 0.417. The third kappa shape index (κ3) is 4.83. The lowest BCUT2D eigenvalue weighted by atomic mass is 10.2. The molecule has 5 nitrogen and oxygen atoms in total. The molecule has 0 aliphatic rings. The lowest BCUT2D eigenvalue weighted by Crippen LogP contribution is -2.34. The Bertz CT molecular complexity index is 376. The largest absolute Gasteiger partial charge is 0.489 e. The summed E-state index contributed by atoms with van der Waals surface area (Å²) in [7, 11) is 0. The number of aliphatic hydroxyl groups is 1. The van der Waals surface area contributed by atoms with Gasteiger partial charge in [-0.2, -0.15) is 5.26 Å². The first-order valence-electron chi connectivity index (χ1n) is 5.48. The van der Waals surface area contributed by atoms with Gasteiger partial charge in [-0.25, -0.2) is 0 Å². The van der Waals surface area contributed by atoms with Gasteiger partial charge >= 0.3 is 0 Å². The number of nitrogens with one attached hydrogen (secondary N) is 1. The van der Waals surface area contributed by atoms with E-state index in [0.717, 1.165) is 0 Å². The summed E-state index contributed by atoms with van der Waals surface area (Å²) in [5.41, 5.74) is 5.77. The number of aliphatic hydroxyl groups excluding tert-OH is 1. The van der Waals surface area contributed by atoms with E-state index in [1.54, 1.807) is 24.3 Å². The zero-order valence-electron chi connectivity index (χ0n) is 9.60. The number of para-hydroxylation sites is 1. The summed E-state index contributed by atoms with van der Waals surface area (Å²) in [5.74, 6) is 0.493. The molecule has 0 aliphatic heterocycles. The quantitative estimate of drug-likeness (QED) is 0.571. The highest BCUT2D eigenvalue weighted by molar-refractivity contribution is 5.42. The maximum atomic E-state index is 9.59. The van der Waals surface area contributed by atoms with Gasteiger partial charge in [-0.05, 0) is 12.1 Å². The lowest BCUT2D eigenvalue weighted by molar-refractivity contribution is 0.106. The number of ether oxygens (including phenoxy) is 1. The van der Waals surface area contributed by atoms with Gasteiger partial charge in [0.05, 0.1) is 5.56 Å². The molecule has 0 saturated heterocycles. The van der Waals surface area contributed by atoms with Crippen LogP contribution in [-0.4, -0.2) is 37.5 Å². The highest BCUT2D eigenvalue weighted by atomic mass is 16.5. The minimum Gasteiger partial charge on any atom is -0.489 e. The van der Waals surface area contributed by atoms with Crippen LogP contribution in [-0.2, 0) is 0 Å². The fourth-order valence-corrected chi connectivity index (χ4v) is 1.30. The number of hydrogen-bond acceptors (Lipinski definition) is 5. The predicted octanol–water partition coefficient (Wildman–Crippen LogP) is -0.154. The highest BCUT2D eigenvalue weighted by Gasteiger charge is 2.06. The number of rotatable bonds is 7. The zero-order chi connectivity index (χ0) is 12.5. The average molecular weight is 235 g/mol. The van der Waals surface area contributed by atoms with E-state index in [9.17, 15) is 5.11 Å². The molecule has 1 atom stereocenters. The Hall–Kier alpha value is -1.61. The normalized spacial score (nSPS) is 11.8. The van der Waals surface area contributed by atoms with E-state index in [4.69, 9.17) is 15.7 Å². The second kappa shape index (κ2) is 7.63. The average Bonchev–Trinajstić information content (AvgIpc) is 2.37. The molecule has 0 amide bonds. The van der Waals surface area contributed by atoms with E-state index < -0.39 is 6.10 Å². The van der Waals surface area contributed by atoms with Crippen molar-refractivity contribution >= 4 is 0 Å². The van der Waals surface area contributed by atoms with Crippen molar-refractivity contribution < 1.29 is 9.84 Å². The summed E-state index contributed by atoms with van der Waals surface area (Å²) in [6.07, 6.45) is -0.617. The monoisotopic (exact) mass is 235 g/mol. The smallest absolute Gasteiger partial charge is 0.137 e. The van der Waals surface area contributed by atoms with Crippen LogP contribution >= 0.6 is 0 Å². The highest BCUT2D eigenvalue weighted by Crippen LogP contribution is 2.16. The molecule has 0 heterocycles. The molecule has 0 spiro atoms. The molecule has 1 aromatic rings. The van der Waals surface area contributed by atoms with Crippen molar-refractivity contribution in [3.63, 3.8) is 0 Å². The number of hydrogen-bond donors (Lipinski definition) is 3. The van der Waals surface area contributed by atoms with Crippen molar-refractivity contribution in [2.45, 2.75) is 6.10 Å². The van der Waals surface area contributed by atoms with Crippen molar-refractivity contribution in [2.24, 2.45) is 5.73 Å². The maximum Gasteiger partial charge on any atom is 0.137 e. The fourth-order valence-electron chi connectivity index (χ4n) is 1.30. The van der Waals surface area contributed by atoms with Gasteiger partial charge in [-0.3, -0.25) is 0 Å². The van der Waals surface area contributed by atoms with Crippen LogP contribution in [0.5, 0.6) is 5.75 Å². The summed E-state index contributed by atoms with van der Waals surface area (Å²) >= 11 is 0. The minimum atomic E-state index is -0.617. The Balaban J connectivity index is 2.37. The first-order chi connectivity index (χ1) is 8.27. The summed E-state index contributed by atoms with van der Waals surface area (Å²) in [4.78, 5) is 0. The van der Waals surface area contributed by atoms with Gasteiger partial charge in [0.1, 0.15) is 24.5 Å². The van der Waals surface area contributed by atoms with E-state index >= 15 is 0 Å². The predicted molar refractivity (Wildman–Crippen MR) is 64.6 cm³/mol. The van der Waals surface area contributed by atoms with Crippen LogP contribution < -0.4 is 15.8 Å². The minimum absolute atomic E-state index is 0.149. The first-order valence-corrected chi connectivity index (χ1v) is 5.48. The molecular weight excluding hydrogens is 218 g/mol. The lowest BCUT2D eigenvalue weighted by Gasteiger charge is -2.13. The summed E-state index contributed by atoms with van der Waals surface area (Å²) < 4.78 is 5.38. The maximum absolute atomic E-state index is 9.59. The SMILES string of the molecule is N#Cc1ccccc1OCC(O)CNCCN. The second-order valence-electron chi connectivity index (χ2n) is 3.57. The van der Waals surface area contributed by atoms with E-state index in [1.165, 1.54) is 0 Å². The molecule has 5 heteroatoms. The molecule has 0 bridgehead atoms. The van der Waals surface area contributed by atoms with E-state index in [0.29, 0.717) is 30.9 Å². The second-order valence-corrected chi connectivity index (χ2v) is 3.57. The molecule has 0 fully saturated rings. The van der Waals surface area contributed by atoms with Crippen molar-refractivity contribution in [2.75, 3.05) is 26.2 Å². The van der Waals surface area contributed by atoms with E-state index in [2.05, 4.69) is 5.32 Å². The molecular formula is C12H17N3O2. The number of benzene rings is 1. The molecule has 17 heavy (non-hydrogen) atoms. The molecule has 0 saturated carbocycles. The molecule has 4 N–H and O–H groups in total. The summed E-state index contributed by atoms with van der Waals surface area (Å²) in [5, 5.41) is 21.4. The molecule has 1 aromatic carbocycles. The van der Waals surface area contributed by atoms with Crippen LogP contribution in [0.1, 0.15) is 5.56 Å². The van der Waals surface area contributed by atoms with Crippen molar-refractivity contribution in [3.8, 4) is 11.8 Å². The first kappa shape index (κ1) is 13.5. The van der Waals surface area contributed by atoms with Crippen LogP contribution in [0, 0.1) is 11.3 Å². The third-order valence-electron chi connectivity index (χ3n) is 2.14. The number of nitrogens with zero attached hydrogens (tertiary/aromatic N) is 1. The van der Waals surface area contributed by atoms with Gasteiger partial charge in [0.25, 0.3) is 0 Å². The number of nitrogens with two attached hydrogens (primary N) is 1. The van der Waals surface area contributed by atoms with Crippen LogP contribution in [0.25, 0.3) is 0 Å². The van der Waals surface area contributed by atoms with Gasteiger partial charge in [0.2, 0.25) is 0 Å². The van der Waals surface area contributed by atoms with Crippen LogP contribution in [0.15, 0.2) is 24.3 Å². The zero-order valence-corrected chi connectivity index (χ0v) is 9.60. The Kier molecular flexibility index (Phi) is 6.04. The third-order valence-corrected chi connectivity index (χ3v) is 2.14. The summed E-state index contributed by atoms with van der Waals surface area (Å²) in [6, 6.07) is 8.97. The van der Waals surface area contributed by atoms with Crippen molar-refractivity contribution in [1.82, 2.24) is 5.32 Å². The molecule has 0 aromatic heterocycles. The van der Waals surface area contributed by atoms with Crippen molar-refractivity contribution in [1.29, 1.82) is 5.26 Å². The van der Waals surface area contributed by atoms with Crippen LogP contribution in [0.2, 0.25) is 0 Å². The van der Waals surface area contributed by atoms with Crippen molar-refractivity contribution in [3.05, 3.63) is 29.8 Å². The molecule has 0 aliphatic carbocycles. The van der Waals surface area contributed by atoms with Gasteiger partial charge in [0, 0.05) is 19.6 Å². The molecule has 92 valence electrons. The Morgan fingerprint density at radius 2 is 2.24 bits per heavy atom. The van der Waals surface area contributed by atoms with E-state index in [1.807, 2.05) is 6.07 Å². The topological polar surface area (TPSA) is 91.3 Å². The van der Waals surface area contributed by atoms with Gasteiger partial charge in [-0.1, -0.05) is 12.1 Å². The van der Waals surface area contributed by atoms with Gasteiger partial charge in [0.15, 0.2) is 0 Å². The molecule has 1 rings (SSSR count). The van der Waals surface area contributed by atoms with E-state index in [-0.39, 0.29) is 6.61 Å². The van der Waals surface area contributed by atoms with Crippen LogP contribution in [0.3, 0.4) is 0 Å². The van der Waals surface area contributed by atoms with Gasteiger partial charge < -0.3 is 20.9 Å². The molecule has 1 unspecified atom stereocenters. The number of nitriles is 1. The van der Waals surface area contributed by atoms with Crippen LogP contribution in [0.4, 0.5) is 0 Å². The molecule has 0 radical (unpaired) electrons.